The van der Waals surface area contributed by atoms with Gasteiger partial charge in [-0.1, -0.05) is 43.7 Å². The number of aromatic nitrogens is 1. The maximum atomic E-state index is 12.3. The summed E-state index contributed by atoms with van der Waals surface area (Å²) in [5, 5.41) is 2.91. The minimum Gasteiger partial charge on any atom is -0.447 e. The Labute approximate surface area is 167 Å². The maximum Gasteiger partial charge on any atom is 0.273 e. The van der Waals surface area contributed by atoms with E-state index in [4.69, 9.17) is 4.42 Å². The zero-order valence-electron chi connectivity index (χ0n) is 17.3. The first kappa shape index (κ1) is 20.6. The van der Waals surface area contributed by atoms with E-state index < -0.39 is 0 Å². The van der Waals surface area contributed by atoms with Crippen LogP contribution in [0.25, 0.3) is 0 Å². The number of carbonyl (C=O) groups is 1. The monoisotopic (exact) mass is 384 g/mol. The molecule has 1 saturated heterocycles. The van der Waals surface area contributed by atoms with Crippen LogP contribution in [-0.2, 0) is 13.1 Å². The average Bonchev–Trinajstić information content (AvgIpc) is 3.14. The van der Waals surface area contributed by atoms with Crippen LogP contribution in [0.15, 0.2) is 34.9 Å². The molecule has 0 unspecified atom stereocenters. The molecule has 28 heavy (non-hydrogen) atoms. The second kappa shape index (κ2) is 9.85. The van der Waals surface area contributed by atoms with Crippen LogP contribution >= 0.6 is 0 Å². The van der Waals surface area contributed by atoms with Gasteiger partial charge >= 0.3 is 0 Å². The van der Waals surface area contributed by atoms with Crippen molar-refractivity contribution >= 4 is 5.91 Å². The highest BCUT2D eigenvalue weighted by Gasteiger charge is 2.19. The molecule has 1 aliphatic heterocycles. The molecule has 1 aromatic heterocycles. The quantitative estimate of drug-likeness (QED) is 0.758. The van der Waals surface area contributed by atoms with Crippen LogP contribution in [0.4, 0.5) is 0 Å². The lowest BCUT2D eigenvalue weighted by molar-refractivity contribution is 0.0945. The minimum absolute atomic E-state index is 0.199. The second-order valence-electron chi connectivity index (χ2n) is 8.10. The Kier molecular flexibility index (Phi) is 7.23. The van der Waals surface area contributed by atoms with Gasteiger partial charge in [0.1, 0.15) is 6.26 Å². The molecular weight excluding hydrogens is 352 g/mol. The third kappa shape index (κ3) is 6.17. The lowest BCUT2D eigenvalue weighted by atomic mass is 10.1. The molecule has 2 heterocycles. The number of rotatable bonds is 8. The van der Waals surface area contributed by atoms with Crippen molar-refractivity contribution < 1.29 is 9.21 Å². The van der Waals surface area contributed by atoms with Crippen LogP contribution < -0.4 is 5.32 Å². The summed E-state index contributed by atoms with van der Waals surface area (Å²) in [6.45, 7) is 13.1. The highest BCUT2D eigenvalue weighted by Crippen LogP contribution is 2.11. The van der Waals surface area contributed by atoms with Gasteiger partial charge in [0.15, 0.2) is 5.69 Å². The number of oxazole rings is 1. The van der Waals surface area contributed by atoms with E-state index in [1.54, 1.807) is 0 Å². The third-order valence-electron chi connectivity index (χ3n) is 5.17. The summed E-state index contributed by atoms with van der Waals surface area (Å²) >= 11 is 0. The zero-order valence-corrected chi connectivity index (χ0v) is 17.3. The molecule has 1 amide bonds. The summed E-state index contributed by atoms with van der Waals surface area (Å²) in [4.78, 5) is 21.6. The molecule has 1 fully saturated rings. The van der Waals surface area contributed by atoms with Crippen LogP contribution in [0.5, 0.6) is 0 Å². The Morgan fingerprint density at radius 3 is 2.68 bits per heavy atom. The van der Waals surface area contributed by atoms with Crippen LogP contribution in [0.2, 0.25) is 0 Å². The predicted octanol–water partition coefficient (Wildman–Crippen LogP) is 3.08. The molecule has 6 nitrogen and oxygen atoms in total. The van der Waals surface area contributed by atoms with Gasteiger partial charge in [0.2, 0.25) is 5.89 Å². The van der Waals surface area contributed by atoms with Crippen LogP contribution in [0.1, 0.15) is 47.8 Å². The van der Waals surface area contributed by atoms with Gasteiger partial charge in [0.25, 0.3) is 5.91 Å². The number of hydrogen-bond acceptors (Lipinski definition) is 5. The fraction of sp³-hybridized carbons (Fsp3) is 0.545. The Morgan fingerprint density at radius 2 is 1.96 bits per heavy atom. The maximum absolute atomic E-state index is 12.3. The molecule has 1 aliphatic rings. The molecule has 3 rings (SSSR count). The van der Waals surface area contributed by atoms with Crippen molar-refractivity contribution in [3.63, 3.8) is 0 Å². The topological polar surface area (TPSA) is 61.6 Å². The van der Waals surface area contributed by atoms with Gasteiger partial charge in [-0.25, -0.2) is 4.98 Å². The van der Waals surface area contributed by atoms with E-state index in [-0.39, 0.29) is 5.91 Å². The normalized spacial score (nSPS) is 15.9. The van der Waals surface area contributed by atoms with E-state index in [1.807, 2.05) is 25.1 Å². The van der Waals surface area contributed by atoms with Crippen molar-refractivity contribution in [3.05, 3.63) is 53.2 Å². The molecule has 0 bridgehead atoms. The molecular formula is C22H32N4O2. The van der Waals surface area contributed by atoms with Gasteiger partial charge in [0, 0.05) is 32.7 Å². The fourth-order valence-electron chi connectivity index (χ4n) is 3.39. The molecule has 0 atom stereocenters. The van der Waals surface area contributed by atoms with E-state index in [0.717, 1.165) is 37.7 Å². The van der Waals surface area contributed by atoms with Gasteiger partial charge in [-0.3, -0.25) is 9.69 Å². The first-order valence-electron chi connectivity index (χ1n) is 10.2. The van der Waals surface area contributed by atoms with Crippen LogP contribution in [-0.4, -0.2) is 53.4 Å². The SMILES string of the molecule is Cc1cccc(CNC(=O)c2coc(CN3CCN(CCC(C)C)CC3)n2)c1. The molecule has 0 saturated carbocycles. The number of piperazine rings is 1. The van der Waals surface area contributed by atoms with Crippen LogP contribution in [0, 0.1) is 12.8 Å². The van der Waals surface area contributed by atoms with Gasteiger partial charge in [0.05, 0.1) is 6.54 Å². The molecule has 1 N–H and O–H groups in total. The minimum atomic E-state index is -0.199. The molecule has 1 aromatic carbocycles. The molecule has 152 valence electrons. The Hall–Kier alpha value is -2.18. The summed E-state index contributed by atoms with van der Waals surface area (Å²) in [5.74, 6) is 1.16. The Balaban J connectivity index is 1.43. The number of hydrogen-bond donors (Lipinski definition) is 1. The number of benzene rings is 1. The number of carbonyl (C=O) groups excluding carboxylic acids is 1. The lowest BCUT2D eigenvalue weighted by Crippen LogP contribution is -2.46. The van der Waals surface area contributed by atoms with E-state index in [2.05, 4.69) is 40.0 Å². The largest absolute Gasteiger partial charge is 0.447 e. The second-order valence-corrected chi connectivity index (χ2v) is 8.10. The molecule has 0 spiro atoms. The third-order valence-corrected chi connectivity index (χ3v) is 5.17. The highest BCUT2D eigenvalue weighted by atomic mass is 16.3. The van der Waals surface area contributed by atoms with Gasteiger partial charge in [-0.2, -0.15) is 0 Å². The summed E-state index contributed by atoms with van der Waals surface area (Å²) in [6.07, 6.45) is 2.71. The van der Waals surface area contributed by atoms with Crippen molar-refractivity contribution in [3.8, 4) is 0 Å². The molecule has 0 aliphatic carbocycles. The van der Waals surface area contributed by atoms with Crippen molar-refractivity contribution in [2.45, 2.75) is 40.3 Å². The number of aryl methyl sites for hydroxylation is 1. The van der Waals surface area contributed by atoms with Crippen molar-refractivity contribution in [2.75, 3.05) is 32.7 Å². The Bertz CT molecular complexity index is 763. The number of nitrogens with zero attached hydrogens (tertiary/aromatic N) is 3. The first-order chi connectivity index (χ1) is 13.5. The predicted molar refractivity (Wildman–Crippen MR) is 110 cm³/mol. The van der Waals surface area contributed by atoms with E-state index in [1.165, 1.54) is 24.8 Å². The standard InChI is InChI=1S/C22H32N4O2/c1-17(2)7-8-25-9-11-26(12-10-25)15-21-24-20(16-28-21)22(27)23-14-19-6-4-5-18(3)13-19/h4-6,13,16-17H,7-12,14-15H2,1-3H3,(H,23,27). The number of amides is 1. The van der Waals surface area contributed by atoms with E-state index in [9.17, 15) is 4.79 Å². The zero-order chi connectivity index (χ0) is 19.9. The summed E-state index contributed by atoms with van der Waals surface area (Å²) in [7, 11) is 0. The average molecular weight is 385 g/mol. The van der Waals surface area contributed by atoms with Gasteiger partial charge in [-0.05, 0) is 31.4 Å². The summed E-state index contributed by atoms with van der Waals surface area (Å²) in [5.41, 5.74) is 2.60. The van der Waals surface area contributed by atoms with Crippen molar-refractivity contribution in [1.82, 2.24) is 20.1 Å². The van der Waals surface area contributed by atoms with Gasteiger partial charge < -0.3 is 14.6 Å². The smallest absolute Gasteiger partial charge is 0.273 e. The fourth-order valence-corrected chi connectivity index (χ4v) is 3.39. The Morgan fingerprint density at radius 1 is 1.21 bits per heavy atom. The first-order valence-corrected chi connectivity index (χ1v) is 10.2. The molecule has 0 radical (unpaired) electrons. The molecule has 6 heteroatoms. The summed E-state index contributed by atoms with van der Waals surface area (Å²) in [6, 6.07) is 8.10. The highest BCUT2D eigenvalue weighted by molar-refractivity contribution is 5.91. The van der Waals surface area contributed by atoms with E-state index in [0.29, 0.717) is 24.7 Å². The van der Waals surface area contributed by atoms with Crippen molar-refractivity contribution in [2.24, 2.45) is 5.92 Å². The number of nitrogens with one attached hydrogen (secondary N) is 1. The summed E-state index contributed by atoms with van der Waals surface area (Å²) < 4.78 is 5.54. The van der Waals surface area contributed by atoms with Crippen molar-refractivity contribution in [1.29, 1.82) is 0 Å². The lowest BCUT2D eigenvalue weighted by Gasteiger charge is -2.34. The van der Waals surface area contributed by atoms with Gasteiger partial charge in [-0.15, -0.1) is 0 Å². The van der Waals surface area contributed by atoms with E-state index >= 15 is 0 Å². The molecule has 2 aromatic rings. The van der Waals surface area contributed by atoms with Crippen LogP contribution in [0.3, 0.4) is 0 Å².